The average Bonchev–Trinajstić information content (AvgIpc) is 3.02. The van der Waals surface area contributed by atoms with Crippen LogP contribution in [-0.4, -0.2) is 54.0 Å². The van der Waals surface area contributed by atoms with Gasteiger partial charge in [-0.1, -0.05) is 19.1 Å². The number of halogens is 1. The Hall–Kier alpha value is -2.32. The van der Waals surface area contributed by atoms with Crippen molar-refractivity contribution in [1.82, 2.24) is 25.4 Å². The van der Waals surface area contributed by atoms with Gasteiger partial charge in [0.05, 0.1) is 6.61 Å². The maximum absolute atomic E-state index is 13.9. The van der Waals surface area contributed by atoms with Crippen LogP contribution in [0.2, 0.25) is 0 Å². The van der Waals surface area contributed by atoms with Crippen molar-refractivity contribution < 1.29 is 13.9 Å². The molecule has 0 saturated heterocycles. The van der Waals surface area contributed by atoms with Gasteiger partial charge >= 0.3 is 0 Å². The van der Waals surface area contributed by atoms with E-state index >= 15 is 0 Å². The molecule has 24 heavy (non-hydrogen) atoms. The summed E-state index contributed by atoms with van der Waals surface area (Å²) in [5.74, 6) is -0.227. The molecule has 0 aliphatic rings. The molecule has 0 aliphatic heterocycles. The molecule has 1 aromatic heterocycles. The lowest BCUT2D eigenvalue weighted by atomic mass is 10.3. The summed E-state index contributed by atoms with van der Waals surface area (Å²) in [6.45, 7) is 4.26. The number of hydrogen-bond acceptors (Lipinski definition) is 5. The molecule has 130 valence electrons. The van der Waals surface area contributed by atoms with E-state index in [1.165, 1.54) is 10.7 Å². The van der Waals surface area contributed by atoms with Gasteiger partial charge < -0.3 is 15.4 Å². The number of hydrogen-bond donors (Lipinski definition) is 2. The average molecular weight is 335 g/mol. The summed E-state index contributed by atoms with van der Waals surface area (Å²) in [5.41, 5.74) is 0.280. The van der Waals surface area contributed by atoms with Crippen LogP contribution in [0.5, 0.6) is 0 Å². The monoisotopic (exact) mass is 335 g/mol. The molecule has 2 N–H and O–H groups in total. The predicted molar refractivity (Wildman–Crippen MR) is 87.8 cm³/mol. The maximum atomic E-state index is 13.9. The number of nitrogens with one attached hydrogen (secondary N) is 2. The minimum absolute atomic E-state index is 0.0343. The van der Waals surface area contributed by atoms with E-state index in [0.29, 0.717) is 38.5 Å². The first-order valence-electron chi connectivity index (χ1n) is 7.86. The lowest BCUT2D eigenvalue weighted by Gasteiger charge is -2.05. The minimum atomic E-state index is -0.411. The second-order valence-electron chi connectivity index (χ2n) is 5.07. The quantitative estimate of drug-likeness (QED) is 0.667. The number of ether oxygens (including phenoxy) is 1. The molecule has 0 atom stereocenters. The number of amides is 1. The van der Waals surface area contributed by atoms with E-state index in [4.69, 9.17) is 4.74 Å². The Bertz CT molecular complexity index is 674. The third-order valence-electron chi connectivity index (χ3n) is 3.34. The lowest BCUT2D eigenvalue weighted by Crippen LogP contribution is -2.33. The Morgan fingerprint density at radius 3 is 2.79 bits per heavy atom. The highest BCUT2D eigenvalue weighted by Crippen LogP contribution is 2.14. The van der Waals surface area contributed by atoms with E-state index < -0.39 is 5.82 Å². The van der Waals surface area contributed by atoms with Crippen molar-refractivity contribution in [3.05, 3.63) is 41.7 Å². The van der Waals surface area contributed by atoms with Crippen LogP contribution in [0.4, 0.5) is 4.39 Å². The predicted octanol–water partition coefficient (Wildman–Crippen LogP) is 0.935. The van der Waals surface area contributed by atoms with Gasteiger partial charge in [0.15, 0.2) is 0 Å². The van der Waals surface area contributed by atoms with Crippen molar-refractivity contribution in [2.75, 3.05) is 33.4 Å². The van der Waals surface area contributed by atoms with Gasteiger partial charge in [-0.2, -0.15) is 0 Å². The summed E-state index contributed by atoms with van der Waals surface area (Å²) in [6, 6.07) is 6.27. The topological polar surface area (TPSA) is 81.1 Å². The summed E-state index contributed by atoms with van der Waals surface area (Å²) >= 11 is 0. The van der Waals surface area contributed by atoms with Crippen LogP contribution < -0.4 is 10.6 Å². The number of aryl methyl sites for hydroxylation is 1. The Morgan fingerprint density at radius 2 is 2.08 bits per heavy atom. The SMILES string of the molecule is CCc1nc(C(=O)NCCNCCOC)nn1-c1ccccc1F. The standard InChI is InChI=1S/C16H22FN5O2/c1-3-14-20-15(16(23)19-9-8-18-10-11-24-2)21-22(14)13-7-5-4-6-12(13)17/h4-7,18H,3,8-11H2,1-2H3,(H,19,23). The van der Waals surface area contributed by atoms with Crippen LogP contribution in [0.15, 0.2) is 24.3 Å². The normalized spacial score (nSPS) is 10.8. The van der Waals surface area contributed by atoms with Crippen LogP contribution in [0, 0.1) is 5.82 Å². The van der Waals surface area contributed by atoms with E-state index in [1.807, 2.05) is 6.92 Å². The molecule has 7 nitrogen and oxygen atoms in total. The summed E-state index contributed by atoms with van der Waals surface area (Å²) in [4.78, 5) is 16.3. The maximum Gasteiger partial charge on any atom is 0.291 e. The molecule has 0 aliphatic carbocycles. The van der Waals surface area contributed by atoms with Crippen LogP contribution in [0.25, 0.3) is 5.69 Å². The second kappa shape index (κ2) is 9.09. The number of carbonyl (C=O) groups excluding carboxylic acids is 1. The highest BCUT2D eigenvalue weighted by molar-refractivity contribution is 5.90. The zero-order chi connectivity index (χ0) is 17.4. The van der Waals surface area contributed by atoms with Gasteiger partial charge in [0.1, 0.15) is 17.3 Å². The van der Waals surface area contributed by atoms with E-state index in [0.717, 1.165) is 0 Å². The summed E-state index contributed by atoms with van der Waals surface area (Å²) in [6.07, 6.45) is 0.535. The molecule has 1 heterocycles. The van der Waals surface area contributed by atoms with Gasteiger partial charge in [-0.3, -0.25) is 4.79 Å². The second-order valence-corrected chi connectivity index (χ2v) is 5.07. The summed E-state index contributed by atoms with van der Waals surface area (Å²) in [7, 11) is 1.63. The molecule has 2 rings (SSSR count). The minimum Gasteiger partial charge on any atom is -0.383 e. The molecule has 0 spiro atoms. The number of para-hydroxylation sites is 1. The van der Waals surface area contributed by atoms with Crippen molar-refractivity contribution in [3.63, 3.8) is 0 Å². The Morgan fingerprint density at radius 1 is 1.29 bits per heavy atom. The highest BCUT2D eigenvalue weighted by Gasteiger charge is 2.17. The molecule has 8 heteroatoms. The molecule has 1 amide bonds. The van der Waals surface area contributed by atoms with Crippen LogP contribution in [0.3, 0.4) is 0 Å². The van der Waals surface area contributed by atoms with Gasteiger partial charge in [0.25, 0.3) is 5.91 Å². The molecule has 0 fully saturated rings. The molecular formula is C16H22FN5O2. The van der Waals surface area contributed by atoms with Crippen LogP contribution in [-0.2, 0) is 11.2 Å². The summed E-state index contributed by atoms with van der Waals surface area (Å²) in [5, 5.41) is 10.0. The highest BCUT2D eigenvalue weighted by atomic mass is 19.1. The molecule has 1 aromatic carbocycles. The van der Waals surface area contributed by atoms with Crippen molar-refractivity contribution in [1.29, 1.82) is 0 Å². The largest absolute Gasteiger partial charge is 0.383 e. The number of methoxy groups -OCH3 is 1. The first-order valence-corrected chi connectivity index (χ1v) is 7.86. The Kier molecular flexibility index (Phi) is 6.83. The van der Waals surface area contributed by atoms with Crippen LogP contribution in [0.1, 0.15) is 23.4 Å². The first kappa shape index (κ1) is 18.0. The van der Waals surface area contributed by atoms with Gasteiger partial charge in [0.2, 0.25) is 5.82 Å². The van der Waals surface area contributed by atoms with Crippen molar-refractivity contribution >= 4 is 5.91 Å². The number of rotatable bonds is 9. The van der Waals surface area contributed by atoms with E-state index in [2.05, 4.69) is 20.7 Å². The van der Waals surface area contributed by atoms with E-state index in [9.17, 15) is 9.18 Å². The zero-order valence-electron chi connectivity index (χ0n) is 13.9. The van der Waals surface area contributed by atoms with Crippen molar-refractivity contribution in [3.8, 4) is 5.69 Å². The van der Waals surface area contributed by atoms with Gasteiger partial charge in [-0.15, -0.1) is 5.10 Å². The number of benzene rings is 1. The molecular weight excluding hydrogens is 313 g/mol. The smallest absolute Gasteiger partial charge is 0.291 e. The molecule has 0 saturated carbocycles. The molecule has 2 aromatic rings. The zero-order valence-corrected chi connectivity index (χ0v) is 13.9. The lowest BCUT2D eigenvalue weighted by molar-refractivity contribution is 0.0943. The number of carbonyl (C=O) groups is 1. The Labute approximate surface area is 140 Å². The fourth-order valence-corrected chi connectivity index (χ4v) is 2.13. The van der Waals surface area contributed by atoms with E-state index in [-0.39, 0.29) is 17.4 Å². The van der Waals surface area contributed by atoms with Crippen molar-refractivity contribution in [2.45, 2.75) is 13.3 Å². The molecule has 0 bridgehead atoms. The van der Waals surface area contributed by atoms with E-state index in [1.54, 1.807) is 25.3 Å². The van der Waals surface area contributed by atoms with Gasteiger partial charge in [0, 0.05) is 33.2 Å². The van der Waals surface area contributed by atoms with Gasteiger partial charge in [-0.25, -0.2) is 14.1 Å². The number of aromatic nitrogens is 3. The van der Waals surface area contributed by atoms with Crippen molar-refractivity contribution in [2.24, 2.45) is 0 Å². The van der Waals surface area contributed by atoms with Gasteiger partial charge in [-0.05, 0) is 12.1 Å². The summed E-state index contributed by atoms with van der Waals surface area (Å²) < 4.78 is 20.2. The Balaban J connectivity index is 2.01. The fourth-order valence-electron chi connectivity index (χ4n) is 2.13. The third-order valence-corrected chi connectivity index (χ3v) is 3.34. The fraction of sp³-hybridized carbons (Fsp3) is 0.438. The first-order chi connectivity index (χ1) is 11.7. The molecule has 0 radical (unpaired) electrons. The third kappa shape index (κ3) is 4.59. The number of nitrogens with zero attached hydrogens (tertiary/aromatic N) is 3. The molecule has 0 unspecified atom stereocenters. The van der Waals surface area contributed by atoms with Crippen LogP contribution >= 0.6 is 0 Å².